The van der Waals surface area contributed by atoms with Crippen molar-refractivity contribution >= 4 is 32.7 Å². The minimum absolute atomic E-state index is 0.141. The van der Waals surface area contributed by atoms with Crippen LogP contribution in [0.3, 0.4) is 0 Å². The number of fused-ring (bicyclic) bond motifs is 5. The van der Waals surface area contributed by atoms with Gasteiger partial charge < -0.3 is 15.1 Å². The van der Waals surface area contributed by atoms with Crippen molar-refractivity contribution in [3.05, 3.63) is 133 Å². The third-order valence-electron chi connectivity index (χ3n) is 6.99. The topological polar surface area (TPSA) is 37.2 Å². The Morgan fingerprint density at radius 3 is 2.26 bits per heavy atom. The maximum absolute atomic E-state index is 6.28. The Hall–Kier alpha value is -4.50. The zero-order chi connectivity index (χ0) is 23.2. The Labute approximate surface area is 203 Å². The molecule has 35 heavy (non-hydrogen) atoms. The number of hydrogen-bond donors (Lipinski definition) is 2. The van der Waals surface area contributed by atoms with Crippen LogP contribution in [0.25, 0.3) is 43.8 Å². The predicted octanol–water partition coefficient (Wildman–Crippen LogP) is 7.53. The highest BCUT2D eigenvalue weighted by Gasteiger charge is 2.19. The van der Waals surface area contributed by atoms with Crippen LogP contribution < -0.4 is 10.6 Å². The second-order valence-corrected chi connectivity index (χ2v) is 9.08. The lowest BCUT2D eigenvalue weighted by Gasteiger charge is -2.27. The van der Waals surface area contributed by atoms with Crippen molar-refractivity contribution in [2.45, 2.75) is 12.1 Å². The zero-order valence-electron chi connectivity index (χ0n) is 19.1. The summed E-state index contributed by atoms with van der Waals surface area (Å²) in [4.78, 5) is 0. The van der Waals surface area contributed by atoms with E-state index in [0.29, 0.717) is 0 Å². The Balaban J connectivity index is 1.27. The first-order valence-electron chi connectivity index (χ1n) is 12.0. The van der Waals surface area contributed by atoms with Gasteiger partial charge in [0, 0.05) is 21.9 Å². The summed E-state index contributed by atoms with van der Waals surface area (Å²) >= 11 is 0. The molecule has 3 heteroatoms. The Morgan fingerprint density at radius 2 is 1.43 bits per heavy atom. The summed E-state index contributed by atoms with van der Waals surface area (Å²) in [7, 11) is 0. The van der Waals surface area contributed by atoms with Crippen molar-refractivity contribution < 1.29 is 4.42 Å². The molecule has 0 bridgehead atoms. The highest BCUT2D eigenvalue weighted by atomic mass is 16.3. The van der Waals surface area contributed by atoms with Crippen molar-refractivity contribution in [2.24, 2.45) is 0 Å². The quantitative estimate of drug-likeness (QED) is 0.297. The molecule has 3 heterocycles. The molecule has 0 fully saturated rings. The number of nitrogens with one attached hydrogen (secondary N) is 2. The van der Waals surface area contributed by atoms with E-state index in [2.05, 4.69) is 108 Å². The van der Waals surface area contributed by atoms with Gasteiger partial charge in [-0.2, -0.15) is 0 Å². The number of hydrogen-bond acceptors (Lipinski definition) is 3. The van der Waals surface area contributed by atoms with Crippen LogP contribution in [0.15, 0.2) is 132 Å². The summed E-state index contributed by atoms with van der Waals surface area (Å²) < 4.78 is 6.28. The first kappa shape index (κ1) is 19.9. The molecule has 1 aromatic heterocycles. The minimum Gasteiger partial charge on any atom is -0.455 e. The van der Waals surface area contributed by atoms with Crippen molar-refractivity contribution in [1.29, 1.82) is 0 Å². The molecule has 0 amide bonds. The first-order valence-corrected chi connectivity index (χ1v) is 12.0. The van der Waals surface area contributed by atoms with Gasteiger partial charge in [0.1, 0.15) is 11.2 Å². The Morgan fingerprint density at radius 1 is 0.657 bits per heavy atom. The lowest BCUT2D eigenvalue weighted by atomic mass is 9.93. The lowest BCUT2D eigenvalue weighted by Crippen LogP contribution is -2.35. The summed E-state index contributed by atoms with van der Waals surface area (Å²) in [6.45, 7) is 0. The fraction of sp³-hybridized carbons (Fsp3) is 0.0625. The average molecular weight is 453 g/mol. The summed E-state index contributed by atoms with van der Waals surface area (Å²) in [6.07, 6.45) is 14.7. The fourth-order valence-electron chi connectivity index (χ4n) is 5.23. The van der Waals surface area contributed by atoms with E-state index in [-0.39, 0.29) is 12.1 Å². The van der Waals surface area contributed by atoms with Gasteiger partial charge >= 0.3 is 0 Å². The van der Waals surface area contributed by atoms with Crippen LogP contribution in [0, 0.1) is 0 Å². The van der Waals surface area contributed by atoms with Gasteiger partial charge in [-0.25, -0.2) is 0 Å². The van der Waals surface area contributed by atoms with Crippen LogP contribution in [-0.4, -0.2) is 6.04 Å². The molecule has 4 aromatic carbocycles. The molecule has 5 aromatic rings. The molecule has 0 aliphatic carbocycles. The Kier molecular flexibility index (Phi) is 4.59. The fourth-order valence-corrected chi connectivity index (χ4v) is 5.23. The molecule has 2 unspecified atom stereocenters. The molecular weight excluding hydrogens is 428 g/mol. The van der Waals surface area contributed by atoms with Crippen LogP contribution >= 0.6 is 0 Å². The molecule has 2 aliphatic heterocycles. The second-order valence-electron chi connectivity index (χ2n) is 9.08. The van der Waals surface area contributed by atoms with Crippen LogP contribution in [-0.2, 0) is 0 Å². The number of para-hydroxylation sites is 1. The average Bonchev–Trinajstić information content (AvgIpc) is 3.32. The van der Waals surface area contributed by atoms with E-state index in [9.17, 15) is 0 Å². The maximum atomic E-state index is 6.28. The SMILES string of the molecule is C1=CNC(C2=CC=CC(c3ccc(-c4cc5c6ccccc6oc5c5ccccc45)cc3)N2)C=C1. The smallest absolute Gasteiger partial charge is 0.143 e. The molecule has 168 valence electrons. The Bertz CT molecular complexity index is 1700. The number of rotatable bonds is 3. The third-order valence-corrected chi connectivity index (χ3v) is 6.99. The van der Waals surface area contributed by atoms with Gasteiger partial charge in [0.25, 0.3) is 0 Å². The standard InChI is InChI=1S/C32H24N2O/c1-2-10-25-23(8-1)26(20-27-24-9-3-4-14-31(24)35-32(25)27)21-15-17-22(18-16-21)28-12-7-13-30(34-28)29-11-5-6-19-33-29/h1-20,28-29,33-34H. The van der Waals surface area contributed by atoms with Gasteiger partial charge in [-0.1, -0.05) is 91.0 Å². The maximum Gasteiger partial charge on any atom is 0.143 e. The van der Waals surface area contributed by atoms with E-state index < -0.39 is 0 Å². The molecule has 2 N–H and O–H groups in total. The minimum atomic E-state index is 0.141. The zero-order valence-corrected chi connectivity index (χ0v) is 19.1. The number of benzene rings is 4. The van der Waals surface area contributed by atoms with Crippen molar-refractivity contribution in [3.63, 3.8) is 0 Å². The molecule has 2 atom stereocenters. The van der Waals surface area contributed by atoms with Crippen molar-refractivity contribution in [1.82, 2.24) is 10.6 Å². The molecule has 0 saturated carbocycles. The molecule has 7 rings (SSSR count). The highest BCUT2D eigenvalue weighted by Crippen LogP contribution is 2.39. The van der Waals surface area contributed by atoms with E-state index >= 15 is 0 Å². The van der Waals surface area contributed by atoms with Gasteiger partial charge in [0.2, 0.25) is 0 Å². The predicted molar refractivity (Wildman–Crippen MR) is 145 cm³/mol. The van der Waals surface area contributed by atoms with E-state index in [1.165, 1.54) is 27.8 Å². The number of allylic oxidation sites excluding steroid dienone is 4. The normalized spacial score (nSPS) is 19.1. The first-order chi connectivity index (χ1) is 17.3. The molecule has 0 saturated heterocycles. The largest absolute Gasteiger partial charge is 0.455 e. The molecule has 0 radical (unpaired) electrons. The molecule has 2 aliphatic rings. The van der Waals surface area contributed by atoms with Gasteiger partial charge in [-0.15, -0.1) is 0 Å². The third kappa shape index (κ3) is 3.36. The van der Waals surface area contributed by atoms with E-state index in [0.717, 1.165) is 27.3 Å². The summed E-state index contributed by atoms with van der Waals surface area (Å²) in [5, 5.41) is 11.7. The lowest BCUT2D eigenvalue weighted by molar-refractivity contribution is 0.627. The second kappa shape index (κ2) is 8.07. The van der Waals surface area contributed by atoms with Gasteiger partial charge in [0.05, 0.1) is 12.1 Å². The van der Waals surface area contributed by atoms with Crippen LogP contribution in [0.4, 0.5) is 0 Å². The van der Waals surface area contributed by atoms with Gasteiger partial charge in [-0.05, 0) is 52.6 Å². The highest BCUT2D eigenvalue weighted by molar-refractivity contribution is 6.19. The molecule has 3 nitrogen and oxygen atoms in total. The number of dihydropyridines is 2. The molecular formula is C32H24N2O. The van der Waals surface area contributed by atoms with Gasteiger partial charge in [0.15, 0.2) is 0 Å². The van der Waals surface area contributed by atoms with E-state index in [1.807, 2.05) is 24.4 Å². The number of furan rings is 1. The monoisotopic (exact) mass is 452 g/mol. The summed E-state index contributed by atoms with van der Waals surface area (Å²) in [5.74, 6) is 0. The van der Waals surface area contributed by atoms with E-state index in [1.54, 1.807) is 0 Å². The summed E-state index contributed by atoms with van der Waals surface area (Å²) in [6, 6.07) is 28.3. The van der Waals surface area contributed by atoms with Gasteiger partial charge in [-0.3, -0.25) is 0 Å². The molecule has 0 spiro atoms. The van der Waals surface area contributed by atoms with Crippen molar-refractivity contribution in [3.8, 4) is 11.1 Å². The van der Waals surface area contributed by atoms with Crippen LogP contribution in [0.5, 0.6) is 0 Å². The van der Waals surface area contributed by atoms with E-state index in [4.69, 9.17) is 4.42 Å². The van der Waals surface area contributed by atoms with Crippen molar-refractivity contribution in [2.75, 3.05) is 0 Å². The summed E-state index contributed by atoms with van der Waals surface area (Å²) in [5.41, 5.74) is 6.72. The van der Waals surface area contributed by atoms with Crippen LogP contribution in [0.2, 0.25) is 0 Å². The van der Waals surface area contributed by atoms with Crippen LogP contribution in [0.1, 0.15) is 11.6 Å².